The van der Waals surface area contributed by atoms with Crippen LogP contribution < -0.4 is 5.32 Å². The van der Waals surface area contributed by atoms with E-state index < -0.39 is 5.82 Å². The normalized spacial score (nSPS) is 10.5. The summed E-state index contributed by atoms with van der Waals surface area (Å²) < 4.78 is 26.8. The molecule has 0 aliphatic rings. The maximum Gasteiger partial charge on any atom is 0.149 e. The van der Waals surface area contributed by atoms with Gasteiger partial charge in [0.2, 0.25) is 0 Å². The lowest BCUT2D eigenvalue weighted by molar-refractivity contribution is 0.619. The van der Waals surface area contributed by atoms with E-state index in [4.69, 9.17) is 0 Å². The molecule has 0 atom stereocenters. The van der Waals surface area contributed by atoms with Crippen LogP contribution in [0.15, 0.2) is 36.7 Å². The molecule has 0 saturated heterocycles. The Bertz CT molecular complexity index is 527. The van der Waals surface area contributed by atoms with Crippen molar-refractivity contribution in [3.05, 3.63) is 53.9 Å². The smallest absolute Gasteiger partial charge is 0.149 e. The van der Waals surface area contributed by atoms with E-state index in [1.54, 1.807) is 19.2 Å². The number of pyridine rings is 1. The molecule has 0 amide bonds. The molecule has 1 N–H and O–H groups in total. The van der Waals surface area contributed by atoms with Crippen LogP contribution in [0.3, 0.4) is 0 Å². The summed E-state index contributed by atoms with van der Waals surface area (Å²) in [5.74, 6) is -0.732. The molecule has 1 heterocycles. The van der Waals surface area contributed by atoms with Crippen molar-refractivity contribution in [2.75, 3.05) is 7.05 Å². The van der Waals surface area contributed by atoms with Crippen molar-refractivity contribution in [1.29, 1.82) is 0 Å². The number of nitrogens with one attached hydrogen (secondary N) is 1. The molecule has 4 heteroatoms. The first-order chi connectivity index (χ1) is 8.22. The Kier molecular flexibility index (Phi) is 3.44. The lowest BCUT2D eigenvalue weighted by Crippen LogP contribution is -2.07. The highest BCUT2D eigenvalue weighted by Crippen LogP contribution is 2.26. The van der Waals surface area contributed by atoms with Crippen molar-refractivity contribution >= 4 is 0 Å². The third-order valence-corrected chi connectivity index (χ3v) is 2.50. The number of nitrogens with zero attached hydrogens (tertiary/aromatic N) is 1. The van der Waals surface area contributed by atoms with E-state index in [-0.39, 0.29) is 5.82 Å². The van der Waals surface area contributed by atoms with Crippen LogP contribution in [-0.4, -0.2) is 12.0 Å². The molecule has 88 valence electrons. The van der Waals surface area contributed by atoms with Crippen molar-refractivity contribution in [3.63, 3.8) is 0 Å². The van der Waals surface area contributed by atoms with Crippen molar-refractivity contribution < 1.29 is 8.78 Å². The predicted molar refractivity (Wildman–Crippen MR) is 62.4 cm³/mol. The third-order valence-electron chi connectivity index (χ3n) is 2.50. The van der Waals surface area contributed by atoms with E-state index in [1.165, 1.54) is 18.3 Å². The van der Waals surface area contributed by atoms with Crippen LogP contribution >= 0.6 is 0 Å². The standard InChI is InChI=1S/C13H12F2N2/c1-16-7-9-6-10(14)2-3-11(9)12-4-5-17-8-13(12)15/h2-6,8,16H,7H2,1H3. The summed E-state index contributed by atoms with van der Waals surface area (Å²) in [6.07, 6.45) is 2.67. The number of halogens is 2. The van der Waals surface area contributed by atoms with Crippen LogP contribution in [0.1, 0.15) is 5.56 Å². The van der Waals surface area contributed by atoms with Gasteiger partial charge in [-0.1, -0.05) is 6.07 Å². The molecular formula is C13H12F2N2. The fourth-order valence-corrected chi connectivity index (χ4v) is 1.76. The molecular weight excluding hydrogens is 222 g/mol. The molecule has 0 bridgehead atoms. The quantitative estimate of drug-likeness (QED) is 0.883. The van der Waals surface area contributed by atoms with Crippen LogP contribution in [0.2, 0.25) is 0 Å². The zero-order valence-corrected chi connectivity index (χ0v) is 9.37. The molecule has 0 spiro atoms. The maximum absolute atomic E-state index is 13.6. The Morgan fingerprint density at radius 1 is 1.18 bits per heavy atom. The monoisotopic (exact) mass is 234 g/mol. The topological polar surface area (TPSA) is 24.9 Å². The Morgan fingerprint density at radius 3 is 2.71 bits per heavy atom. The van der Waals surface area contributed by atoms with Crippen molar-refractivity contribution in [2.24, 2.45) is 0 Å². The van der Waals surface area contributed by atoms with Gasteiger partial charge in [0.05, 0.1) is 6.20 Å². The first kappa shape index (κ1) is 11.7. The fourth-order valence-electron chi connectivity index (χ4n) is 1.76. The van der Waals surface area contributed by atoms with E-state index in [0.29, 0.717) is 17.7 Å². The lowest BCUT2D eigenvalue weighted by Gasteiger charge is -2.10. The van der Waals surface area contributed by atoms with E-state index in [9.17, 15) is 8.78 Å². The number of benzene rings is 1. The van der Waals surface area contributed by atoms with Crippen molar-refractivity contribution in [2.45, 2.75) is 6.54 Å². The van der Waals surface area contributed by atoms with Gasteiger partial charge in [-0.05, 0) is 36.4 Å². The van der Waals surface area contributed by atoms with Gasteiger partial charge in [0.1, 0.15) is 11.6 Å². The van der Waals surface area contributed by atoms with Gasteiger partial charge in [-0.15, -0.1) is 0 Å². The molecule has 0 aliphatic carbocycles. The van der Waals surface area contributed by atoms with E-state index in [2.05, 4.69) is 10.3 Å². The van der Waals surface area contributed by atoms with Gasteiger partial charge in [0.15, 0.2) is 0 Å². The first-order valence-corrected chi connectivity index (χ1v) is 5.25. The average molecular weight is 234 g/mol. The number of aromatic nitrogens is 1. The molecule has 2 nitrogen and oxygen atoms in total. The van der Waals surface area contributed by atoms with Crippen molar-refractivity contribution in [1.82, 2.24) is 10.3 Å². The summed E-state index contributed by atoms with van der Waals surface area (Å²) >= 11 is 0. The predicted octanol–water partition coefficient (Wildman–Crippen LogP) is 2.75. The molecule has 0 fully saturated rings. The van der Waals surface area contributed by atoms with Gasteiger partial charge in [-0.2, -0.15) is 0 Å². The van der Waals surface area contributed by atoms with Crippen molar-refractivity contribution in [3.8, 4) is 11.1 Å². The lowest BCUT2D eigenvalue weighted by atomic mass is 10.00. The maximum atomic E-state index is 13.6. The minimum Gasteiger partial charge on any atom is -0.316 e. The molecule has 0 saturated carbocycles. The van der Waals surface area contributed by atoms with Crippen LogP contribution in [0.25, 0.3) is 11.1 Å². The van der Waals surface area contributed by atoms with Gasteiger partial charge < -0.3 is 5.32 Å². The summed E-state index contributed by atoms with van der Waals surface area (Å²) in [5, 5.41) is 2.94. The molecule has 17 heavy (non-hydrogen) atoms. The highest BCUT2D eigenvalue weighted by atomic mass is 19.1. The number of rotatable bonds is 3. The SMILES string of the molecule is CNCc1cc(F)ccc1-c1ccncc1F. The molecule has 2 rings (SSSR count). The second-order valence-corrected chi connectivity index (χ2v) is 3.69. The molecule has 0 radical (unpaired) electrons. The number of hydrogen-bond acceptors (Lipinski definition) is 2. The average Bonchev–Trinajstić information content (AvgIpc) is 2.31. The molecule has 2 aromatic rings. The minimum atomic E-state index is -0.406. The summed E-state index contributed by atoms with van der Waals surface area (Å²) in [4.78, 5) is 3.70. The van der Waals surface area contributed by atoms with E-state index in [0.717, 1.165) is 11.8 Å². The summed E-state index contributed by atoms with van der Waals surface area (Å²) in [6, 6.07) is 5.90. The Labute approximate surface area is 98.3 Å². The van der Waals surface area contributed by atoms with Crippen LogP contribution in [0, 0.1) is 11.6 Å². The number of hydrogen-bond donors (Lipinski definition) is 1. The summed E-state index contributed by atoms with van der Waals surface area (Å²) in [7, 11) is 1.76. The van der Waals surface area contributed by atoms with Crippen LogP contribution in [-0.2, 0) is 6.54 Å². The highest BCUT2D eigenvalue weighted by molar-refractivity contribution is 5.67. The Hall–Kier alpha value is -1.81. The van der Waals surface area contributed by atoms with E-state index in [1.807, 2.05) is 0 Å². The minimum absolute atomic E-state index is 0.325. The van der Waals surface area contributed by atoms with Gasteiger partial charge in [-0.25, -0.2) is 8.78 Å². The first-order valence-electron chi connectivity index (χ1n) is 5.25. The largest absolute Gasteiger partial charge is 0.316 e. The third kappa shape index (κ3) is 2.47. The summed E-state index contributed by atoms with van der Waals surface area (Å²) in [5.41, 5.74) is 1.84. The summed E-state index contributed by atoms with van der Waals surface area (Å²) in [6.45, 7) is 0.481. The van der Waals surface area contributed by atoms with Gasteiger partial charge in [0.25, 0.3) is 0 Å². The molecule has 1 aromatic heterocycles. The van der Waals surface area contributed by atoms with Crippen LogP contribution in [0.4, 0.5) is 8.78 Å². The molecule has 0 aliphatic heterocycles. The van der Waals surface area contributed by atoms with Gasteiger partial charge in [-0.3, -0.25) is 4.98 Å². The van der Waals surface area contributed by atoms with Gasteiger partial charge in [0, 0.05) is 18.3 Å². The van der Waals surface area contributed by atoms with E-state index >= 15 is 0 Å². The fraction of sp³-hybridized carbons (Fsp3) is 0.154. The Balaban J connectivity index is 2.55. The van der Waals surface area contributed by atoms with Gasteiger partial charge >= 0.3 is 0 Å². The second-order valence-electron chi connectivity index (χ2n) is 3.69. The molecule has 1 aromatic carbocycles. The zero-order chi connectivity index (χ0) is 12.3. The van der Waals surface area contributed by atoms with Crippen LogP contribution in [0.5, 0.6) is 0 Å². The highest BCUT2D eigenvalue weighted by Gasteiger charge is 2.10. The zero-order valence-electron chi connectivity index (χ0n) is 9.37. The Morgan fingerprint density at radius 2 is 2.00 bits per heavy atom. The second kappa shape index (κ2) is 5.01. The molecule has 0 unspecified atom stereocenters.